The van der Waals surface area contributed by atoms with E-state index in [0.29, 0.717) is 0 Å². The summed E-state index contributed by atoms with van der Waals surface area (Å²) >= 11 is 0. The van der Waals surface area contributed by atoms with Gasteiger partial charge in [-0.3, -0.25) is 0 Å². The first-order chi connectivity index (χ1) is 15.2. The van der Waals surface area contributed by atoms with Gasteiger partial charge in [-0.05, 0) is 78.1 Å². The Labute approximate surface area is 187 Å². The Morgan fingerprint density at radius 3 is 2.35 bits per heavy atom. The predicted octanol–water partition coefficient (Wildman–Crippen LogP) is 7.97. The van der Waals surface area contributed by atoms with E-state index in [4.69, 9.17) is 4.74 Å². The van der Waals surface area contributed by atoms with Gasteiger partial charge >= 0.3 is 0 Å². The summed E-state index contributed by atoms with van der Waals surface area (Å²) in [5.41, 5.74) is 10.8. The van der Waals surface area contributed by atoms with E-state index in [1.807, 2.05) is 0 Å². The van der Waals surface area contributed by atoms with Crippen LogP contribution in [-0.4, -0.2) is 6.61 Å². The van der Waals surface area contributed by atoms with E-state index in [2.05, 4.69) is 87.5 Å². The lowest BCUT2D eigenvalue weighted by Gasteiger charge is -2.17. The summed E-state index contributed by atoms with van der Waals surface area (Å²) in [6.07, 6.45) is 6.91. The van der Waals surface area contributed by atoms with Crippen molar-refractivity contribution in [2.45, 2.75) is 59.3 Å². The van der Waals surface area contributed by atoms with Crippen LogP contribution < -0.4 is 4.74 Å². The van der Waals surface area contributed by atoms with Crippen LogP contribution in [0.4, 0.5) is 0 Å². The molecule has 1 heteroatoms. The summed E-state index contributed by atoms with van der Waals surface area (Å²) < 4.78 is 6.22. The zero-order chi connectivity index (χ0) is 21.6. The summed E-state index contributed by atoms with van der Waals surface area (Å²) in [4.78, 5) is 0. The molecule has 0 aromatic heterocycles. The number of rotatable bonds is 7. The molecular formula is C30H34O. The Bertz CT molecular complexity index is 1060. The summed E-state index contributed by atoms with van der Waals surface area (Å²) in [6.45, 7) is 7.34. The van der Waals surface area contributed by atoms with E-state index in [1.165, 1.54) is 70.2 Å². The van der Waals surface area contributed by atoms with Crippen molar-refractivity contribution in [2.75, 3.05) is 6.61 Å². The Morgan fingerprint density at radius 1 is 0.806 bits per heavy atom. The Hall–Kier alpha value is -2.80. The number of hydrogen-bond acceptors (Lipinski definition) is 1. The van der Waals surface area contributed by atoms with Gasteiger partial charge in [-0.15, -0.1) is 0 Å². The highest BCUT2D eigenvalue weighted by Gasteiger charge is 2.21. The van der Waals surface area contributed by atoms with Crippen molar-refractivity contribution >= 4 is 11.1 Å². The van der Waals surface area contributed by atoms with Crippen LogP contribution in [0.3, 0.4) is 0 Å². The molecule has 0 amide bonds. The monoisotopic (exact) mass is 410 g/mol. The molecule has 160 valence electrons. The van der Waals surface area contributed by atoms with Crippen LogP contribution in [-0.2, 0) is 12.8 Å². The van der Waals surface area contributed by atoms with Gasteiger partial charge < -0.3 is 4.74 Å². The molecule has 1 aliphatic rings. The molecule has 1 aliphatic heterocycles. The van der Waals surface area contributed by atoms with Crippen LogP contribution in [0.15, 0.2) is 66.7 Å². The number of benzene rings is 3. The molecule has 0 radical (unpaired) electrons. The summed E-state index contributed by atoms with van der Waals surface area (Å²) in [6, 6.07) is 24.7. The minimum absolute atomic E-state index is 0.722. The van der Waals surface area contributed by atoms with Crippen molar-refractivity contribution in [3.63, 3.8) is 0 Å². The standard InChI is InChI=1S/C30H34O/c1-4-5-6-10-24-13-15-25(16-14-24)21-29-27(26-11-8-7-9-23(26)3)18-19-31-30-20-22(2)12-17-28(29)30/h7-9,11-17,20H,4-6,10,18-19,21H2,1-3H3. The number of unbranched alkanes of at least 4 members (excludes halogenated alkanes) is 2. The van der Waals surface area contributed by atoms with E-state index in [9.17, 15) is 0 Å². The molecular weight excluding hydrogens is 376 g/mol. The molecule has 0 saturated carbocycles. The lowest BCUT2D eigenvalue weighted by atomic mass is 9.87. The molecule has 0 N–H and O–H groups in total. The second-order valence-corrected chi connectivity index (χ2v) is 8.82. The number of allylic oxidation sites excluding steroid dienone is 1. The van der Waals surface area contributed by atoms with Crippen LogP contribution >= 0.6 is 0 Å². The number of hydrogen-bond donors (Lipinski definition) is 0. The summed E-state index contributed by atoms with van der Waals surface area (Å²) in [5, 5.41) is 0. The fraction of sp³-hybridized carbons (Fsp3) is 0.333. The quantitative estimate of drug-likeness (QED) is 0.359. The lowest BCUT2D eigenvalue weighted by Crippen LogP contribution is -1.99. The second kappa shape index (κ2) is 10.0. The topological polar surface area (TPSA) is 9.23 Å². The number of fused-ring (bicyclic) bond motifs is 1. The molecule has 3 aromatic carbocycles. The average Bonchev–Trinajstić information content (AvgIpc) is 2.94. The first-order valence-corrected chi connectivity index (χ1v) is 11.8. The Kier molecular flexibility index (Phi) is 6.92. The maximum absolute atomic E-state index is 6.22. The zero-order valence-electron chi connectivity index (χ0n) is 19.2. The van der Waals surface area contributed by atoms with Crippen molar-refractivity contribution in [1.29, 1.82) is 0 Å². The highest BCUT2D eigenvalue weighted by molar-refractivity contribution is 5.94. The van der Waals surface area contributed by atoms with Crippen LogP contribution in [0.2, 0.25) is 0 Å². The third-order valence-corrected chi connectivity index (χ3v) is 6.38. The largest absolute Gasteiger partial charge is 0.493 e. The molecule has 0 spiro atoms. The van der Waals surface area contributed by atoms with Crippen molar-refractivity contribution in [1.82, 2.24) is 0 Å². The predicted molar refractivity (Wildman–Crippen MR) is 133 cm³/mol. The minimum atomic E-state index is 0.722. The second-order valence-electron chi connectivity index (χ2n) is 8.82. The van der Waals surface area contributed by atoms with Crippen molar-refractivity contribution < 1.29 is 4.74 Å². The van der Waals surface area contributed by atoms with Crippen molar-refractivity contribution in [2.24, 2.45) is 0 Å². The first-order valence-electron chi connectivity index (χ1n) is 11.8. The van der Waals surface area contributed by atoms with E-state index in [-0.39, 0.29) is 0 Å². The molecule has 0 bridgehead atoms. The van der Waals surface area contributed by atoms with Crippen LogP contribution in [0, 0.1) is 13.8 Å². The van der Waals surface area contributed by atoms with Gasteiger partial charge in [0.1, 0.15) is 5.75 Å². The number of ether oxygens (including phenoxy) is 1. The molecule has 1 nitrogen and oxygen atoms in total. The highest BCUT2D eigenvalue weighted by atomic mass is 16.5. The third-order valence-electron chi connectivity index (χ3n) is 6.38. The lowest BCUT2D eigenvalue weighted by molar-refractivity contribution is 0.328. The van der Waals surface area contributed by atoms with E-state index < -0.39 is 0 Å². The van der Waals surface area contributed by atoms with Gasteiger partial charge in [-0.25, -0.2) is 0 Å². The fourth-order valence-electron chi connectivity index (χ4n) is 4.59. The molecule has 0 atom stereocenters. The smallest absolute Gasteiger partial charge is 0.127 e. The number of aryl methyl sites for hydroxylation is 3. The van der Waals surface area contributed by atoms with Gasteiger partial charge in [0.25, 0.3) is 0 Å². The summed E-state index contributed by atoms with van der Waals surface area (Å²) in [7, 11) is 0. The van der Waals surface area contributed by atoms with Crippen LogP contribution in [0.5, 0.6) is 5.75 Å². The van der Waals surface area contributed by atoms with Gasteiger partial charge in [-0.2, -0.15) is 0 Å². The maximum Gasteiger partial charge on any atom is 0.127 e. The SMILES string of the molecule is CCCCCc1ccc(CC2=C(c3ccccc3C)CCOc3cc(C)ccc32)cc1. The van der Waals surface area contributed by atoms with Crippen molar-refractivity contribution in [3.05, 3.63) is 100 Å². The van der Waals surface area contributed by atoms with Gasteiger partial charge in [-0.1, -0.05) is 80.4 Å². The third kappa shape index (κ3) is 5.10. The maximum atomic E-state index is 6.22. The highest BCUT2D eigenvalue weighted by Crippen LogP contribution is 2.40. The minimum Gasteiger partial charge on any atom is -0.493 e. The molecule has 4 rings (SSSR count). The molecule has 3 aromatic rings. The van der Waals surface area contributed by atoms with Gasteiger partial charge in [0.15, 0.2) is 0 Å². The molecule has 0 unspecified atom stereocenters. The average molecular weight is 411 g/mol. The van der Waals surface area contributed by atoms with Crippen molar-refractivity contribution in [3.8, 4) is 5.75 Å². The Morgan fingerprint density at radius 2 is 1.58 bits per heavy atom. The first kappa shape index (κ1) is 21.4. The molecule has 0 saturated heterocycles. The van der Waals surface area contributed by atoms with E-state index in [1.54, 1.807) is 0 Å². The van der Waals surface area contributed by atoms with Gasteiger partial charge in [0, 0.05) is 12.0 Å². The Balaban J connectivity index is 1.73. The van der Waals surface area contributed by atoms with Crippen LogP contribution in [0.1, 0.15) is 66.0 Å². The van der Waals surface area contributed by atoms with E-state index in [0.717, 1.165) is 25.2 Å². The molecule has 1 heterocycles. The van der Waals surface area contributed by atoms with Gasteiger partial charge in [0.2, 0.25) is 0 Å². The zero-order valence-corrected chi connectivity index (χ0v) is 19.2. The summed E-state index contributed by atoms with van der Waals surface area (Å²) in [5.74, 6) is 1.02. The van der Waals surface area contributed by atoms with Gasteiger partial charge in [0.05, 0.1) is 6.61 Å². The molecule has 0 fully saturated rings. The normalized spacial score (nSPS) is 13.5. The fourth-order valence-corrected chi connectivity index (χ4v) is 4.59. The molecule has 0 aliphatic carbocycles. The van der Waals surface area contributed by atoms with Crippen LogP contribution in [0.25, 0.3) is 11.1 Å². The molecule has 31 heavy (non-hydrogen) atoms. The van der Waals surface area contributed by atoms with E-state index >= 15 is 0 Å².